The number of hydrogen-bond donors (Lipinski definition) is 0. The maximum absolute atomic E-state index is 5.78. The first-order valence-electron chi connectivity index (χ1n) is 7.40. The van der Waals surface area contributed by atoms with Crippen LogP contribution in [0.1, 0.15) is 40.0 Å². The third-order valence-electron chi connectivity index (χ3n) is 4.60. The molecular formula is C16H28O3. The SMILES string of the molecule is CO[C@@H]1[C@H](OC)C[C@]2(CO2)[C@H]1/C(C)=C/CCC(C)C. The second-order valence-electron chi connectivity index (χ2n) is 6.43. The zero-order valence-corrected chi connectivity index (χ0v) is 12.9. The van der Waals surface area contributed by atoms with Crippen LogP contribution < -0.4 is 0 Å². The summed E-state index contributed by atoms with van der Waals surface area (Å²) in [4.78, 5) is 0. The highest BCUT2D eigenvalue weighted by Crippen LogP contribution is 2.52. The lowest BCUT2D eigenvalue weighted by atomic mass is 9.87. The second-order valence-corrected chi connectivity index (χ2v) is 6.43. The van der Waals surface area contributed by atoms with E-state index in [-0.39, 0.29) is 17.8 Å². The van der Waals surface area contributed by atoms with Crippen LogP contribution in [0, 0.1) is 11.8 Å². The number of hydrogen-bond acceptors (Lipinski definition) is 3. The van der Waals surface area contributed by atoms with E-state index in [0.29, 0.717) is 5.92 Å². The van der Waals surface area contributed by atoms with Gasteiger partial charge in [0.25, 0.3) is 0 Å². The van der Waals surface area contributed by atoms with Crippen LogP contribution in [0.4, 0.5) is 0 Å². The van der Waals surface area contributed by atoms with Crippen LogP contribution in [0.15, 0.2) is 11.6 Å². The summed E-state index contributed by atoms with van der Waals surface area (Å²) < 4.78 is 17.1. The molecular weight excluding hydrogens is 240 g/mol. The molecule has 3 nitrogen and oxygen atoms in total. The van der Waals surface area contributed by atoms with Crippen molar-refractivity contribution in [1.29, 1.82) is 0 Å². The van der Waals surface area contributed by atoms with Crippen LogP contribution in [-0.2, 0) is 14.2 Å². The minimum Gasteiger partial charge on any atom is -0.379 e. The Morgan fingerprint density at radius 3 is 2.53 bits per heavy atom. The number of ether oxygens (including phenoxy) is 3. The molecule has 1 heterocycles. The Balaban J connectivity index is 2.07. The summed E-state index contributed by atoms with van der Waals surface area (Å²) in [5.41, 5.74) is 1.41. The standard InChI is InChI=1S/C16H28O3/c1-11(2)7-6-8-12(3)14-15(18-5)13(17-4)9-16(14)10-19-16/h8,11,13-15H,6-7,9-10H2,1-5H3/b12-8+/t13-,14+,15-,16+/m1/s1. The zero-order valence-electron chi connectivity index (χ0n) is 12.9. The Morgan fingerprint density at radius 1 is 1.37 bits per heavy atom. The van der Waals surface area contributed by atoms with Crippen LogP contribution in [-0.4, -0.2) is 38.6 Å². The minimum atomic E-state index is -0.000231. The Morgan fingerprint density at radius 2 is 2.05 bits per heavy atom. The highest BCUT2D eigenvalue weighted by atomic mass is 16.6. The molecule has 1 aliphatic carbocycles. The van der Waals surface area contributed by atoms with E-state index in [0.717, 1.165) is 25.4 Å². The third-order valence-corrected chi connectivity index (χ3v) is 4.60. The fourth-order valence-electron chi connectivity index (χ4n) is 3.44. The van der Waals surface area contributed by atoms with Gasteiger partial charge in [0.1, 0.15) is 5.60 Å². The molecule has 0 aromatic carbocycles. The van der Waals surface area contributed by atoms with Gasteiger partial charge in [0.2, 0.25) is 0 Å². The number of epoxide rings is 1. The van der Waals surface area contributed by atoms with Gasteiger partial charge >= 0.3 is 0 Å². The van der Waals surface area contributed by atoms with Crippen LogP contribution in [0.25, 0.3) is 0 Å². The molecule has 1 saturated carbocycles. The average molecular weight is 268 g/mol. The molecule has 0 radical (unpaired) electrons. The molecule has 4 atom stereocenters. The van der Waals surface area contributed by atoms with Gasteiger partial charge in [-0.15, -0.1) is 0 Å². The number of allylic oxidation sites excluding steroid dienone is 1. The summed E-state index contributed by atoms with van der Waals surface area (Å²) in [6.45, 7) is 7.61. The summed E-state index contributed by atoms with van der Waals surface area (Å²) >= 11 is 0. The normalized spacial score (nSPS) is 38.4. The molecule has 0 aromatic rings. The third kappa shape index (κ3) is 3.04. The molecule has 19 heavy (non-hydrogen) atoms. The number of rotatable bonds is 6. The largest absolute Gasteiger partial charge is 0.379 e. The van der Waals surface area contributed by atoms with E-state index < -0.39 is 0 Å². The highest BCUT2D eigenvalue weighted by molar-refractivity contribution is 5.23. The molecule has 2 rings (SSSR count). The summed E-state index contributed by atoms with van der Waals surface area (Å²) in [6.07, 6.45) is 6.00. The highest BCUT2D eigenvalue weighted by Gasteiger charge is 2.63. The molecule has 3 heteroatoms. The van der Waals surface area contributed by atoms with Crippen LogP contribution >= 0.6 is 0 Å². The fraction of sp³-hybridized carbons (Fsp3) is 0.875. The van der Waals surface area contributed by atoms with E-state index in [1.165, 1.54) is 12.0 Å². The van der Waals surface area contributed by atoms with Gasteiger partial charge in [-0.3, -0.25) is 0 Å². The molecule has 0 N–H and O–H groups in total. The first-order chi connectivity index (χ1) is 9.04. The topological polar surface area (TPSA) is 31.0 Å². The molecule has 2 fully saturated rings. The lowest BCUT2D eigenvalue weighted by molar-refractivity contribution is -0.0293. The zero-order chi connectivity index (χ0) is 14.0. The van der Waals surface area contributed by atoms with E-state index in [4.69, 9.17) is 14.2 Å². The smallest absolute Gasteiger partial charge is 0.103 e. The average Bonchev–Trinajstić information content (AvgIpc) is 3.03. The Labute approximate surface area is 117 Å². The van der Waals surface area contributed by atoms with Gasteiger partial charge in [-0.1, -0.05) is 25.5 Å². The molecule has 1 aliphatic heterocycles. The molecule has 0 aromatic heterocycles. The van der Waals surface area contributed by atoms with E-state index in [9.17, 15) is 0 Å². The molecule has 0 unspecified atom stereocenters. The lowest BCUT2D eigenvalue weighted by Gasteiger charge is -2.24. The van der Waals surface area contributed by atoms with Crippen molar-refractivity contribution >= 4 is 0 Å². The molecule has 2 aliphatic rings. The van der Waals surface area contributed by atoms with Crippen molar-refractivity contribution in [1.82, 2.24) is 0 Å². The quantitative estimate of drug-likeness (QED) is 0.547. The van der Waals surface area contributed by atoms with E-state index in [1.807, 2.05) is 0 Å². The molecule has 0 amide bonds. The van der Waals surface area contributed by atoms with Crippen LogP contribution in [0.5, 0.6) is 0 Å². The van der Waals surface area contributed by atoms with E-state index in [2.05, 4.69) is 26.8 Å². The summed E-state index contributed by atoms with van der Waals surface area (Å²) in [5, 5.41) is 0. The summed E-state index contributed by atoms with van der Waals surface area (Å²) in [6, 6.07) is 0. The van der Waals surface area contributed by atoms with Gasteiger partial charge in [0.15, 0.2) is 0 Å². The van der Waals surface area contributed by atoms with Crippen molar-refractivity contribution < 1.29 is 14.2 Å². The summed E-state index contributed by atoms with van der Waals surface area (Å²) in [5.74, 6) is 1.11. The first-order valence-corrected chi connectivity index (χ1v) is 7.40. The van der Waals surface area contributed by atoms with Gasteiger partial charge in [0, 0.05) is 26.6 Å². The van der Waals surface area contributed by atoms with E-state index in [1.54, 1.807) is 14.2 Å². The monoisotopic (exact) mass is 268 g/mol. The predicted octanol–water partition coefficient (Wildman–Crippen LogP) is 3.19. The Bertz CT molecular complexity index is 331. The van der Waals surface area contributed by atoms with Crippen LogP contribution in [0.3, 0.4) is 0 Å². The maximum Gasteiger partial charge on any atom is 0.103 e. The van der Waals surface area contributed by atoms with Crippen molar-refractivity contribution in [3.05, 3.63) is 11.6 Å². The molecule has 1 spiro atoms. The maximum atomic E-state index is 5.78. The fourth-order valence-corrected chi connectivity index (χ4v) is 3.44. The van der Waals surface area contributed by atoms with Crippen molar-refractivity contribution in [2.45, 2.75) is 57.8 Å². The van der Waals surface area contributed by atoms with E-state index >= 15 is 0 Å². The lowest BCUT2D eigenvalue weighted by Crippen LogP contribution is -2.32. The number of methoxy groups -OCH3 is 2. The first kappa shape index (κ1) is 15.0. The summed E-state index contributed by atoms with van der Waals surface area (Å²) in [7, 11) is 3.56. The van der Waals surface area contributed by atoms with Gasteiger partial charge in [-0.2, -0.15) is 0 Å². The Kier molecular flexibility index (Phi) is 4.70. The molecule has 0 bridgehead atoms. The van der Waals surface area contributed by atoms with Gasteiger partial charge in [-0.05, 0) is 25.7 Å². The predicted molar refractivity (Wildman–Crippen MR) is 76.2 cm³/mol. The Hall–Kier alpha value is -0.380. The molecule has 110 valence electrons. The van der Waals surface area contributed by atoms with Crippen molar-refractivity contribution in [2.24, 2.45) is 11.8 Å². The van der Waals surface area contributed by atoms with Crippen molar-refractivity contribution in [2.75, 3.05) is 20.8 Å². The van der Waals surface area contributed by atoms with Gasteiger partial charge < -0.3 is 14.2 Å². The van der Waals surface area contributed by atoms with Crippen molar-refractivity contribution in [3.8, 4) is 0 Å². The second kappa shape index (κ2) is 5.94. The molecule has 1 saturated heterocycles. The minimum absolute atomic E-state index is 0.000231. The van der Waals surface area contributed by atoms with Gasteiger partial charge in [0.05, 0.1) is 18.8 Å². The van der Waals surface area contributed by atoms with Crippen LogP contribution in [0.2, 0.25) is 0 Å². The van der Waals surface area contributed by atoms with Crippen molar-refractivity contribution in [3.63, 3.8) is 0 Å². The van der Waals surface area contributed by atoms with Gasteiger partial charge in [-0.25, -0.2) is 0 Å².